The third-order valence-corrected chi connectivity index (χ3v) is 3.31. The van der Waals surface area contributed by atoms with Gasteiger partial charge in [-0.3, -0.25) is 9.48 Å². The van der Waals surface area contributed by atoms with Crippen LogP contribution >= 0.6 is 0 Å². The number of hydrogen-bond acceptors (Lipinski definition) is 3. The van der Waals surface area contributed by atoms with Crippen LogP contribution < -0.4 is 5.56 Å². The van der Waals surface area contributed by atoms with Gasteiger partial charge in [0.25, 0.3) is 5.56 Å². The molecule has 0 atom stereocenters. The van der Waals surface area contributed by atoms with Crippen molar-refractivity contribution in [1.82, 2.24) is 14.3 Å². The van der Waals surface area contributed by atoms with Crippen molar-refractivity contribution >= 4 is 5.97 Å². The highest BCUT2D eigenvalue weighted by molar-refractivity contribution is 5.90. The zero-order chi connectivity index (χ0) is 14.7. The van der Waals surface area contributed by atoms with E-state index in [9.17, 15) is 14.7 Å². The molecule has 0 aliphatic heterocycles. The predicted molar refractivity (Wildman–Crippen MR) is 74.0 cm³/mol. The Kier molecular flexibility index (Phi) is 4.02. The summed E-state index contributed by atoms with van der Waals surface area (Å²) < 4.78 is 3.30. The molecule has 6 heteroatoms. The Bertz CT molecular complexity index is 672. The van der Waals surface area contributed by atoms with Crippen LogP contribution in [0.2, 0.25) is 0 Å². The second kappa shape index (κ2) is 5.73. The van der Waals surface area contributed by atoms with E-state index in [1.54, 1.807) is 24.7 Å². The molecule has 2 aromatic heterocycles. The van der Waals surface area contributed by atoms with E-state index < -0.39 is 5.97 Å². The van der Waals surface area contributed by atoms with Crippen LogP contribution in [0.1, 0.15) is 28.0 Å². The summed E-state index contributed by atoms with van der Waals surface area (Å²) in [7, 11) is 0. The number of carboxylic acid groups (broad SMARTS) is 1. The lowest BCUT2D eigenvalue weighted by atomic mass is 10.1. The number of pyridine rings is 1. The van der Waals surface area contributed by atoms with E-state index in [1.165, 1.54) is 10.6 Å². The Balaban J connectivity index is 2.21. The van der Waals surface area contributed by atoms with Gasteiger partial charge in [0.05, 0.1) is 5.56 Å². The SMILES string of the molecule is Cc1cc(=O)n(CCCn2cccn2)c(C)c1C(=O)O. The van der Waals surface area contributed by atoms with Crippen LogP contribution in [0.4, 0.5) is 0 Å². The monoisotopic (exact) mass is 275 g/mol. The maximum atomic E-state index is 12.0. The van der Waals surface area contributed by atoms with Crippen molar-refractivity contribution in [3.8, 4) is 0 Å². The van der Waals surface area contributed by atoms with Crippen molar-refractivity contribution in [2.24, 2.45) is 0 Å². The highest BCUT2D eigenvalue weighted by Gasteiger charge is 2.15. The zero-order valence-electron chi connectivity index (χ0n) is 11.5. The van der Waals surface area contributed by atoms with E-state index in [2.05, 4.69) is 5.10 Å². The van der Waals surface area contributed by atoms with E-state index in [1.807, 2.05) is 12.3 Å². The summed E-state index contributed by atoms with van der Waals surface area (Å²) in [5, 5.41) is 13.3. The second-order valence-electron chi connectivity index (χ2n) is 4.71. The molecule has 0 unspecified atom stereocenters. The normalized spacial score (nSPS) is 10.7. The fraction of sp³-hybridized carbons (Fsp3) is 0.357. The fourth-order valence-corrected chi connectivity index (χ4v) is 2.35. The summed E-state index contributed by atoms with van der Waals surface area (Å²) in [5.41, 5.74) is 1.06. The van der Waals surface area contributed by atoms with E-state index in [4.69, 9.17) is 0 Å². The molecule has 106 valence electrons. The Hall–Kier alpha value is -2.37. The number of aromatic carboxylic acids is 1. The lowest BCUT2D eigenvalue weighted by Gasteiger charge is -2.14. The van der Waals surface area contributed by atoms with Crippen molar-refractivity contribution in [2.45, 2.75) is 33.4 Å². The van der Waals surface area contributed by atoms with Gasteiger partial charge in [-0.1, -0.05) is 0 Å². The van der Waals surface area contributed by atoms with E-state index in [0.29, 0.717) is 30.8 Å². The molecule has 1 N–H and O–H groups in total. The molecule has 0 amide bonds. The zero-order valence-corrected chi connectivity index (χ0v) is 11.5. The van der Waals surface area contributed by atoms with Crippen LogP contribution in [-0.4, -0.2) is 25.4 Å². The number of aromatic nitrogens is 3. The summed E-state index contributed by atoms with van der Waals surface area (Å²) in [6.07, 6.45) is 4.27. The smallest absolute Gasteiger partial charge is 0.337 e. The highest BCUT2D eigenvalue weighted by Crippen LogP contribution is 2.11. The lowest BCUT2D eigenvalue weighted by Crippen LogP contribution is -2.26. The molecule has 0 radical (unpaired) electrons. The average molecular weight is 275 g/mol. The van der Waals surface area contributed by atoms with Gasteiger partial charge in [-0.05, 0) is 31.9 Å². The van der Waals surface area contributed by atoms with Gasteiger partial charge in [-0.25, -0.2) is 4.79 Å². The number of nitrogens with zero attached hydrogens (tertiary/aromatic N) is 3. The molecule has 0 bridgehead atoms. The average Bonchev–Trinajstić information content (AvgIpc) is 2.85. The van der Waals surface area contributed by atoms with Crippen LogP contribution in [0.25, 0.3) is 0 Å². The minimum absolute atomic E-state index is 0.162. The molecular weight excluding hydrogens is 258 g/mol. The summed E-state index contributed by atoms with van der Waals surface area (Å²) in [6, 6.07) is 3.22. The molecule has 0 aliphatic carbocycles. The van der Waals surface area contributed by atoms with Crippen LogP contribution in [0.15, 0.2) is 29.3 Å². The molecule has 2 aromatic rings. The molecule has 0 aliphatic rings. The quantitative estimate of drug-likeness (QED) is 0.896. The molecule has 2 rings (SSSR count). The molecule has 0 saturated carbocycles. The Morgan fingerprint density at radius 2 is 2.10 bits per heavy atom. The van der Waals surface area contributed by atoms with Crippen LogP contribution in [-0.2, 0) is 13.1 Å². The standard InChI is InChI=1S/C14H17N3O3/c1-10-9-12(18)17(11(2)13(10)14(19)20)8-4-7-16-6-3-5-15-16/h3,5-6,9H,4,7-8H2,1-2H3,(H,19,20). The van der Waals surface area contributed by atoms with E-state index >= 15 is 0 Å². The third-order valence-electron chi connectivity index (χ3n) is 3.31. The van der Waals surface area contributed by atoms with Gasteiger partial charge in [0.1, 0.15) is 0 Å². The van der Waals surface area contributed by atoms with Crippen molar-refractivity contribution in [2.75, 3.05) is 0 Å². The number of carboxylic acids is 1. The number of carbonyl (C=O) groups is 1. The number of hydrogen-bond donors (Lipinski definition) is 1. The van der Waals surface area contributed by atoms with Crippen LogP contribution in [0, 0.1) is 13.8 Å². The molecule has 2 heterocycles. The molecule has 0 aromatic carbocycles. The maximum Gasteiger partial charge on any atom is 0.337 e. The first-order valence-corrected chi connectivity index (χ1v) is 6.42. The van der Waals surface area contributed by atoms with Gasteiger partial charge in [-0.15, -0.1) is 0 Å². The predicted octanol–water partition coefficient (Wildman–Crippen LogP) is 1.45. The molecule has 0 fully saturated rings. The Morgan fingerprint density at radius 1 is 1.35 bits per heavy atom. The first-order chi connectivity index (χ1) is 9.50. The number of aryl methyl sites for hydroxylation is 2. The summed E-state index contributed by atoms with van der Waals surface area (Å²) in [6.45, 7) is 4.48. The summed E-state index contributed by atoms with van der Waals surface area (Å²) in [4.78, 5) is 23.2. The van der Waals surface area contributed by atoms with Gasteiger partial charge < -0.3 is 9.67 Å². The van der Waals surface area contributed by atoms with Gasteiger partial charge in [0, 0.05) is 37.2 Å². The van der Waals surface area contributed by atoms with E-state index in [0.717, 1.165) is 0 Å². The number of rotatable bonds is 5. The minimum atomic E-state index is -0.999. The molecule has 6 nitrogen and oxygen atoms in total. The van der Waals surface area contributed by atoms with Gasteiger partial charge in [0.15, 0.2) is 0 Å². The van der Waals surface area contributed by atoms with Gasteiger partial charge in [-0.2, -0.15) is 5.10 Å². The Morgan fingerprint density at radius 3 is 2.70 bits per heavy atom. The lowest BCUT2D eigenvalue weighted by molar-refractivity contribution is 0.0694. The first-order valence-electron chi connectivity index (χ1n) is 6.42. The Labute approximate surface area is 116 Å². The maximum absolute atomic E-state index is 12.0. The van der Waals surface area contributed by atoms with Gasteiger partial charge >= 0.3 is 5.97 Å². The minimum Gasteiger partial charge on any atom is -0.478 e. The van der Waals surface area contributed by atoms with Crippen molar-refractivity contribution in [3.05, 3.63) is 51.7 Å². The molecule has 0 saturated heterocycles. The fourth-order valence-electron chi connectivity index (χ4n) is 2.35. The summed E-state index contributed by atoms with van der Waals surface area (Å²) in [5.74, 6) is -0.999. The van der Waals surface area contributed by atoms with E-state index in [-0.39, 0.29) is 11.1 Å². The van der Waals surface area contributed by atoms with Crippen LogP contribution in [0.3, 0.4) is 0 Å². The first kappa shape index (κ1) is 14.0. The second-order valence-corrected chi connectivity index (χ2v) is 4.71. The molecular formula is C14H17N3O3. The van der Waals surface area contributed by atoms with Gasteiger partial charge in [0.2, 0.25) is 0 Å². The largest absolute Gasteiger partial charge is 0.478 e. The third kappa shape index (κ3) is 2.79. The van der Waals surface area contributed by atoms with Crippen molar-refractivity contribution < 1.29 is 9.90 Å². The topological polar surface area (TPSA) is 77.1 Å². The van der Waals surface area contributed by atoms with Crippen molar-refractivity contribution in [3.63, 3.8) is 0 Å². The molecule has 0 spiro atoms. The summed E-state index contributed by atoms with van der Waals surface area (Å²) >= 11 is 0. The van der Waals surface area contributed by atoms with Crippen molar-refractivity contribution in [1.29, 1.82) is 0 Å². The van der Waals surface area contributed by atoms with Crippen LogP contribution in [0.5, 0.6) is 0 Å². The highest BCUT2D eigenvalue weighted by atomic mass is 16.4. The molecule has 20 heavy (non-hydrogen) atoms.